The highest BCUT2D eigenvalue weighted by Gasteiger charge is 2.15. The number of phenolic OH excluding ortho intramolecular Hbond substituents is 1. The lowest BCUT2D eigenvalue weighted by molar-refractivity contribution is 0.475. The Morgan fingerprint density at radius 2 is 1.05 bits per heavy atom. The lowest BCUT2D eigenvalue weighted by Gasteiger charge is -2.22. The minimum Gasteiger partial charge on any atom is -0.508 e. The zero-order valence-corrected chi connectivity index (χ0v) is 14.8. The van der Waals surface area contributed by atoms with Gasteiger partial charge in [0.15, 0.2) is 0 Å². The fourth-order valence-corrected chi connectivity index (χ4v) is 2.70. The van der Waals surface area contributed by atoms with Gasteiger partial charge in [0, 0.05) is 0 Å². The van der Waals surface area contributed by atoms with Gasteiger partial charge in [0.05, 0.1) is 0 Å². The van der Waals surface area contributed by atoms with E-state index in [0.29, 0.717) is 23.5 Å². The van der Waals surface area contributed by atoms with Crippen LogP contribution in [-0.2, 0) is 0 Å². The molecule has 2 aromatic rings. The van der Waals surface area contributed by atoms with Crippen molar-refractivity contribution in [1.82, 2.24) is 0 Å². The quantitative estimate of drug-likeness (QED) is 0.690. The molecule has 0 aliphatic heterocycles. The van der Waals surface area contributed by atoms with Crippen molar-refractivity contribution < 1.29 is 5.11 Å². The third-order valence-electron chi connectivity index (χ3n) is 3.75. The van der Waals surface area contributed by atoms with E-state index in [1.165, 1.54) is 11.1 Å². The second-order valence-corrected chi connectivity index (χ2v) is 6.65. The highest BCUT2D eigenvalue weighted by Crippen LogP contribution is 2.32. The van der Waals surface area contributed by atoms with Crippen molar-refractivity contribution in [2.75, 3.05) is 0 Å². The van der Waals surface area contributed by atoms with E-state index in [-0.39, 0.29) is 0 Å². The van der Waals surface area contributed by atoms with Crippen LogP contribution in [0.25, 0.3) is 0 Å². The third kappa shape index (κ3) is 5.22. The fourth-order valence-electron chi connectivity index (χ4n) is 2.70. The van der Waals surface area contributed by atoms with Crippen molar-refractivity contribution in [3.63, 3.8) is 0 Å². The Balaban J connectivity index is 0.000000287. The van der Waals surface area contributed by atoms with Crippen molar-refractivity contribution in [2.24, 2.45) is 0 Å². The summed E-state index contributed by atoms with van der Waals surface area (Å²) in [6, 6.07) is 15.5. The van der Waals surface area contributed by atoms with E-state index in [9.17, 15) is 0 Å². The molecule has 0 saturated heterocycles. The summed E-state index contributed by atoms with van der Waals surface area (Å²) in [7, 11) is 0. The first-order valence-electron chi connectivity index (χ1n) is 8.21. The molecule has 2 rings (SSSR count). The summed E-state index contributed by atoms with van der Waals surface area (Å²) in [5.41, 5.74) is 4.62. The number of para-hydroxylation sites is 1. The summed E-state index contributed by atoms with van der Waals surface area (Å²) in [4.78, 5) is 0. The van der Waals surface area contributed by atoms with Gasteiger partial charge >= 0.3 is 0 Å². The summed E-state index contributed by atoms with van der Waals surface area (Å²) < 4.78 is 0. The van der Waals surface area contributed by atoms with Crippen molar-refractivity contribution >= 4 is 0 Å². The molecule has 120 valence electrons. The SMILES string of the molecule is CC(C)c1cccc(C(C)C)c1C(C)C.Oc1ccccc1. The Kier molecular flexibility index (Phi) is 7.17. The third-order valence-corrected chi connectivity index (χ3v) is 3.75. The fraction of sp³-hybridized carbons (Fsp3) is 0.429. The largest absolute Gasteiger partial charge is 0.508 e. The molecule has 0 atom stereocenters. The predicted octanol–water partition coefficient (Wildman–Crippen LogP) is 6.45. The average molecular weight is 298 g/mol. The van der Waals surface area contributed by atoms with E-state index in [1.54, 1.807) is 29.8 Å². The van der Waals surface area contributed by atoms with E-state index < -0.39 is 0 Å². The second-order valence-electron chi connectivity index (χ2n) is 6.65. The lowest BCUT2D eigenvalue weighted by Crippen LogP contribution is -2.04. The van der Waals surface area contributed by atoms with Gasteiger partial charge in [-0.3, -0.25) is 0 Å². The monoisotopic (exact) mass is 298 g/mol. The first kappa shape index (κ1) is 18.3. The lowest BCUT2D eigenvalue weighted by atomic mass is 9.83. The molecule has 0 spiro atoms. The smallest absolute Gasteiger partial charge is 0.115 e. The summed E-state index contributed by atoms with van der Waals surface area (Å²) in [5, 5.41) is 8.63. The van der Waals surface area contributed by atoms with Crippen LogP contribution in [0.3, 0.4) is 0 Å². The van der Waals surface area contributed by atoms with E-state index in [4.69, 9.17) is 5.11 Å². The van der Waals surface area contributed by atoms with Crippen molar-refractivity contribution in [3.8, 4) is 5.75 Å². The molecule has 1 nitrogen and oxygen atoms in total. The Bertz CT molecular complexity index is 527. The number of aromatic hydroxyl groups is 1. The highest BCUT2D eigenvalue weighted by molar-refractivity contribution is 5.40. The van der Waals surface area contributed by atoms with Crippen LogP contribution >= 0.6 is 0 Å². The summed E-state index contributed by atoms with van der Waals surface area (Å²) in [5.74, 6) is 2.20. The standard InChI is InChI=1S/C15H24.C6H6O/c1-10(2)13-8-7-9-14(11(3)4)15(13)12(5)6;7-6-4-2-1-3-5-6/h7-12H,1-6H3;1-5,7H. The van der Waals surface area contributed by atoms with Crippen LogP contribution < -0.4 is 0 Å². The molecule has 0 unspecified atom stereocenters. The van der Waals surface area contributed by atoms with Gasteiger partial charge in [-0.2, -0.15) is 0 Å². The Morgan fingerprint density at radius 1 is 0.591 bits per heavy atom. The van der Waals surface area contributed by atoms with Crippen LogP contribution in [0.2, 0.25) is 0 Å². The second kappa shape index (κ2) is 8.63. The molecule has 0 bridgehead atoms. The maximum atomic E-state index is 8.63. The van der Waals surface area contributed by atoms with Gasteiger partial charge in [0.25, 0.3) is 0 Å². The minimum absolute atomic E-state index is 0.322. The first-order chi connectivity index (χ1) is 10.3. The molecule has 0 amide bonds. The van der Waals surface area contributed by atoms with Gasteiger partial charge in [-0.1, -0.05) is 77.9 Å². The molecule has 0 aliphatic carbocycles. The molecule has 0 fully saturated rings. The first-order valence-corrected chi connectivity index (χ1v) is 8.21. The number of phenols is 1. The molecular formula is C21H30O. The molecule has 0 aliphatic rings. The van der Waals surface area contributed by atoms with E-state index in [0.717, 1.165) is 0 Å². The molecule has 0 radical (unpaired) electrons. The van der Waals surface area contributed by atoms with Crippen LogP contribution in [0.4, 0.5) is 0 Å². The number of rotatable bonds is 3. The molecule has 0 saturated carbocycles. The maximum Gasteiger partial charge on any atom is 0.115 e. The molecule has 0 heterocycles. The van der Waals surface area contributed by atoms with Gasteiger partial charge in [-0.25, -0.2) is 0 Å². The van der Waals surface area contributed by atoms with E-state index in [2.05, 4.69) is 59.7 Å². The Labute approximate surface area is 136 Å². The van der Waals surface area contributed by atoms with Gasteiger partial charge in [-0.05, 0) is 46.6 Å². The van der Waals surface area contributed by atoms with Crippen molar-refractivity contribution in [2.45, 2.75) is 59.3 Å². The van der Waals surface area contributed by atoms with Crippen LogP contribution in [0.5, 0.6) is 5.75 Å². The molecule has 2 aromatic carbocycles. The molecule has 1 heteroatoms. The van der Waals surface area contributed by atoms with Crippen molar-refractivity contribution in [1.29, 1.82) is 0 Å². The summed E-state index contributed by atoms with van der Waals surface area (Å²) in [6.07, 6.45) is 0. The van der Waals surface area contributed by atoms with Crippen LogP contribution in [0, 0.1) is 0 Å². The summed E-state index contributed by atoms with van der Waals surface area (Å²) >= 11 is 0. The predicted molar refractivity (Wildman–Crippen MR) is 96.8 cm³/mol. The zero-order valence-electron chi connectivity index (χ0n) is 14.8. The van der Waals surface area contributed by atoms with E-state index in [1.807, 2.05) is 6.07 Å². The highest BCUT2D eigenvalue weighted by atomic mass is 16.3. The Hall–Kier alpha value is -1.76. The molecule has 22 heavy (non-hydrogen) atoms. The number of benzene rings is 2. The van der Waals surface area contributed by atoms with Gasteiger partial charge in [0.1, 0.15) is 5.75 Å². The minimum atomic E-state index is 0.322. The van der Waals surface area contributed by atoms with Crippen LogP contribution in [0.1, 0.15) is 76.0 Å². The summed E-state index contributed by atoms with van der Waals surface area (Å²) in [6.45, 7) is 13.7. The normalized spacial score (nSPS) is 10.8. The van der Waals surface area contributed by atoms with Gasteiger partial charge in [0.2, 0.25) is 0 Å². The molecule has 1 N–H and O–H groups in total. The average Bonchev–Trinajstić information content (AvgIpc) is 2.47. The van der Waals surface area contributed by atoms with Crippen molar-refractivity contribution in [3.05, 3.63) is 65.2 Å². The van der Waals surface area contributed by atoms with Crippen LogP contribution in [-0.4, -0.2) is 5.11 Å². The van der Waals surface area contributed by atoms with Gasteiger partial charge < -0.3 is 5.11 Å². The van der Waals surface area contributed by atoms with Crippen LogP contribution in [0.15, 0.2) is 48.5 Å². The number of hydrogen-bond acceptors (Lipinski definition) is 1. The topological polar surface area (TPSA) is 20.2 Å². The van der Waals surface area contributed by atoms with E-state index >= 15 is 0 Å². The zero-order chi connectivity index (χ0) is 16.7. The molecular weight excluding hydrogens is 268 g/mol. The number of hydrogen-bond donors (Lipinski definition) is 1. The van der Waals surface area contributed by atoms with Gasteiger partial charge in [-0.15, -0.1) is 0 Å². The Morgan fingerprint density at radius 3 is 1.32 bits per heavy atom. The molecule has 0 aromatic heterocycles. The maximum absolute atomic E-state index is 8.63.